The summed E-state index contributed by atoms with van der Waals surface area (Å²) in [4.78, 5) is 25.1. The first-order chi connectivity index (χ1) is 7.78. The van der Waals surface area contributed by atoms with Crippen LogP contribution >= 0.6 is 11.3 Å². The minimum absolute atomic E-state index is 0.284. The van der Waals surface area contributed by atoms with E-state index in [1.807, 2.05) is 0 Å². The zero-order chi connectivity index (χ0) is 11.4. The summed E-state index contributed by atoms with van der Waals surface area (Å²) in [5, 5.41) is 1.90. The van der Waals surface area contributed by atoms with E-state index in [1.165, 1.54) is 17.4 Å². The predicted octanol–water partition coefficient (Wildman–Crippen LogP) is 2.11. The van der Waals surface area contributed by atoms with E-state index < -0.39 is 0 Å². The van der Waals surface area contributed by atoms with Crippen molar-refractivity contribution in [2.24, 2.45) is 0 Å². The molecule has 16 heavy (non-hydrogen) atoms. The zero-order valence-electron chi connectivity index (χ0n) is 8.12. The summed E-state index contributed by atoms with van der Waals surface area (Å²) >= 11 is 1.23. The smallest absolute Gasteiger partial charge is 0.282 e. The van der Waals surface area contributed by atoms with Crippen LogP contribution in [0.4, 0.5) is 0 Å². The first-order valence-electron chi connectivity index (χ1n) is 4.47. The van der Waals surface area contributed by atoms with Crippen molar-refractivity contribution in [2.75, 3.05) is 0 Å². The number of benzene rings is 1. The molecule has 0 unspecified atom stereocenters. The van der Waals surface area contributed by atoms with Gasteiger partial charge < -0.3 is 4.74 Å². The van der Waals surface area contributed by atoms with Crippen molar-refractivity contribution < 1.29 is 9.53 Å². The molecule has 0 fully saturated rings. The number of ether oxygens (including phenoxy) is 1. The zero-order valence-corrected chi connectivity index (χ0v) is 8.94. The van der Waals surface area contributed by atoms with Crippen LogP contribution in [0.2, 0.25) is 0 Å². The van der Waals surface area contributed by atoms with Crippen molar-refractivity contribution in [1.29, 1.82) is 0 Å². The van der Waals surface area contributed by atoms with Crippen LogP contribution in [0, 0.1) is 0 Å². The summed E-state index contributed by atoms with van der Waals surface area (Å²) in [6, 6.07) is 7.93. The van der Waals surface area contributed by atoms with Crippen LogP contribution in [-0.4, -0.2) is 11.3 Å². The molecule has 1 aromatic carbocycles. The second-order valence-electron chi connectivity index (χ2n) is 2.93. The Kier molecular flexibility index (Phi) is 3.07. The number of hydrogen-bond acceptors (Lipinski definition) is 5. The van der Waals surface area contributed by atoms with Gasteiger partial charge in [0.15, 0.2) is 0 Å². The molecule has 0 spiro atoms. The van der Waals surface area contributed by atoms with Crippen molar-refractivity contribution in [3.8, 4) is 10.9 Å². The van der Waals surface area contributed by atoms with E-state index in [9.17, 15) is 9.59 Å². The largest absolute Gasteiger partial charge is 0.431 e. The Bertz CT molecular complexity index is 548. The summed E-state index contributed by atoms with van der Waals surface area (Å²) in [6.45, 7) is 0. The second-order valence-corrected chi connectivity index (χ2v) is 3.78. The highest BCUT2D eigenvalue weighted by molar-refractivity contribution is 7.11. The topological polar surface area (TPSA) is 56.3 Å². The molecule has 1 heterocycles. The number of carbonyl (C=O) groups excluding carboxylic acids is 1. The third-order valence-corrected chi connectivity index (χ3v) is 2.45. The molecule has 0 saturated carbocycles. The standard InChI is InChI=1S/C11H7NO3S/c13-7-8-1-3-9(4-2-8)15-11-12-10(14)5-6-16-11/h1-7H. The number of aldehydes is 1. The third kappa shape index (κ3) is 2.52. The molecule has 0 bridgehead atoms. The molecule has 80 valence electrons. The van der Waals surface area contributed by atoms with Gasteiger partial charge in [-0.25, -0.2) is 0 Å². The van der Waals surface area contributed by atoms with Crippen molar-refractivity contribution in [3.63, 3.8) is 0 Å². The van der Waals surface area contributed by atoms with Gasteiger partial charge in [0.1, 0.15) is 12.0 Å². The lowest BCUT2D eigenvalue weighted by molar-refractivity contribution is 0.112. The molecular weight excluding hydrogens is 226 g/mol. The fraction of sp³-hybridized carbons (Fsp3) is 0. The second kappa shape index (κ2) is 4.67. The highest BCUT2D eigenvalue weighted by Gasteiger charge is 1.99. The Morgan fingerprint density at radius 2 is 1.94 bits per heavy atom. The summed E-state index contributed by atoms with van der Waals surface area (Å²) in [5.74, 6) is 0.542. The van der Waals surface area contributed by atoms with Gasteiger partial charge in [-0.2, -0.15) is 4.98 Å². The Morgan fingerprint density at radius 3 is 2.56 bits per heavy atom. The van der Waals surface area contributed by atoms with Gasteiger partial charge in [-0.15, -0.1) is 0 Å². The van der Waals surface area contributed by atoms with Gasteiger partial charge >= 0.3 is 0 Å². The van der Waals surface area contributed by atoms with Crippen LogP contribution in [0.5, 0.6) is 10.9 Å². The highest BCUT2D eigenvalue weighted by Crippen LogP contribution is 2.21. The lowest BCUT2D eigenvalue weighted by atomic mass is 10.2. The molecule has 2 rings (SSSR count). The van der Waals surface area contributed by atoms with Crippen molar-refractivity contribution >= 4 is 17.6 Å². The Hall–Kier alpha value is -2.01. The molecule has 1 aromatic heterocycles. The molecule has 0 amide bonds. The molecule has 0 aliphatic rings. The molecular formula is C11H7NO3S. The summed E-state index contributed by atoms with van der Waals surface area (Å²) in [6.07, 6.45) is 0.753. The Morgan fingerprint density at radius 1 is 1.19 bits per heavy atom. The molecule has 5 heteroatoms. The van der Waals surface area contributed by atoms with Crippen LogP contribution in [0.15, 0.2) is 40.5 Å². The van der Waals surface area contributed by atoms with Gasteiger partial charge in [0.25, 0.3) is 10.8 Å². The normalized spacial score (nSPS) is 9.75. The summed E-state index contributed by atoms with van der Waals surface area (Å²) in [5.41, 5.74) is 0.236. The predicted molar refractivity (Wildman–Crippen MR) is 60.3 cm³/mol. The maximum atomic E-state index is 11.0. The summed E-state index contributed by atoms with van der Waals surface area (Å²) < 4.78 is 5.35. The highest BCUT2D eigenvalue weighted by atomic mass is 32.1. The van der Waals surface area contributed by atoms with Crippen molar-refractivity contribution in [1.82, 2.24) is 4.98 Å². The molecule has 2 aromatic rings. The van der Waals surface area contributed by atoms with Gasteiger partial charge in [0.2, 0.25) is 0 Å². The van der Waals surface area contributed by atoms with Crippen molar-refractivity contribution in [3.05, 3.63) is 51.6 Å². The first-order valence-corrected chi connectivity index (χ1v) is 5.35. The van der Waals surface area contributed by atoms with E-state index in [-0.39, 0.29) is 10.8 Å². The molecule has 0 aliphatic carbocycles. The quantitative estimate of drug-likeness (QED) is 0.762. The van der Waals surface area contributed by atoms with Crippen LogP contribution in [0.3, 0.4) is 0 Å². The molecule has 0 radical (unpaired) electrons. The van der Waals surface area contributed by atoms with Crippen LogP contribution in [0.1, 0.15) is 10.4 Å². The SMILES string of the molecule is O=Cc1ccc(Oc2nc(=O)ccs2)cc1. The molecule has 0 aliphatic heterocycles. The Labute approximate surface area is 95.2 Å². The van der Waals surface area contributed by atoms with Crippen molar-refractivity contribution in [2.45, 2.75) is 0 Å². The van der Waals surface area contributed by atoms with Gasteiger partial charge in [-0.05, 0) is 24.3 Å². The first kappa shape index (κ1) is 10.5. The maximum Gasteiger partial charge on any atom is 0.282 e. The lowest BCUT2D eigenvalue weighted by Crippen LogP contribution is -2.02. The van der Waals surface area contributed by atoms with Gasteiger partial charge in [-0.1, -0.05) is 11.3 Å². The molecule has 4 nitrogen and oxygen atoms in total. The lowest BCUT2D eigenvalue weighted by Gasteiger charge is -2.02. The average Bonchev–Trinajstić information content (AvgIpc) is 2.30. The van der Waals surface area contributed by atoms with Crippen LogP contribution < -0.4 is 10.3 Å². The molecule has 0 N–H and O–H groups in total. The minimum Gasteiger partial charge on any atom is -0.431 e. The van der Waals surface area contributed by atoms with E-state index >= 15 is 0 Å². The van der Waals surface area contributed by atoms with E-state index in [4.69, 9.17) is 4.74 Å². The summed E-state index contributed by atoms with van der Waals surface area (Å²) in [7, 11) is 0. The molecule has 0 atom stereocenters. The minimum atomic E-state index is -0.335. The van der Waals surface area contributed by atoms with Gasteiger partial charge in [0.05, 0.1) is 0 Å². The van der Waals surface area contributed by atoms with Crippen LogP contribution in [0.25, 0.3) is 0 Å². The third-order valence-electron chi connectivity index (χ3n) is 1.80. The maximum absolute atomic E-state index is 11.0. The number of aromatic nitrogens is 1. The average molecular weight is 233 g/mol. The number of nitrogens with zero attached hydrogens (tertiary/aromatic N) is 1. The number of hydrogen-bond donors (Lipinski definition) is 0. The Balaban J connectivity index is 2.20. The van der Waals surface area contributed by atoms with E-state index in [2.05, 4.69) is 4.98 Å². The fourth-order valence-corrected chi connectivity index (χ4v) is 1.65. The van der Waals surface area contributed by atoms with E-state index in [0.29, 0.717) is 11.3 Å². The van der Waals surface area contributed by atoms with E-state index in [0.717, 1.165) is 6.29 Å². The monoisotopic (exact) mass is 233 g/mol. The van der Waals surface area contributed by atoms with Crippen LogP contribution in [-0.2, 0) is 0 Å². The fourth-order valence-electron chi connectivity index (χ4n) is 1.07. The van der Waals surface area contributed by atoms with Gasteiger partial charge in [0, 0.05) is 17.0 Å². The number of rotatable bonds is 3. The van der Waals surface area contributed by atoms with E-state index in [1.54, 1.807) is 29.6 Å². The van der Waals surface area contributed by atoms with Gasteiger partial charge in [-0.3, -0.25) is 9.59 Å². The number of carbonyl (C=O) groups is 1. The molecule has 0 saturated heterocycles.